The molecular weight excluding hydrogens is 136 g/mol. The van der Waals surface area contributed by atoms with Gasteiger partial charge in [0.15, 0.2) is 0 Å². The van der Waals surface area contributed by atoms with Crippen LogP contribution in [0.15, 0.2) is 11.8 Å². The predicted octanol–water partition coefficient (Wildman–Crippen LogP) is 0.933. The van der Waals surface area contributed by atoms with Gasteiger partial charge in [-0.15, -0.1) is 0 Å². The van der Waals surface area contributed by atoms with Gasteiger partial charge in [0.1, 0.15) is 5.76 Å². The Morgan fingerprint density at radius 1 is 1.78 bits per heavy atom. The summed E-state index contributed by atoms with van der Waals surface area (Å²) in [7, 11) is 0. The van der Waals surface area contributed by atoms with E-state index in [1.165, 1.54) is 11.8 Å². The molecule has 2 aliphatic rings. The van der Waals surface area contributed by atoms with Crippen LogP contribution in [0.2, 0.25) is 0 Å². The Labute approximate surface area is 57.3 Å². The highest BCUT2D eigenvalue weighted by molar-refractivity contribution is 8.15. The lowest BCUT2D eigenvalue weighted by Crippen LogP contribution is -1.92. The number of fused-ring (bicyclic) bond motifs is 1. The van der Waals surface area contributed by atoms with Crippen molar-refractivity contribution in [3.8, 4) is 0 Å². The lowest BCUT2D eigenvalue weighted by atomic mass is 10.3. The van der Waals surface area contributed by atoms with E-state index in [1.54, 1.807) is 6.08 Å². The number of carbonyl (C=O) groups is 1. The first kappa shape index (κ1) is 5.35. The normalized spacial score (nSPS) is 31.8. The Morgan fingerprint density at radius 3 is 3.44 bits per heavy atom. The third kappa shape index (κ3) is 0.758. The largest absolute Gasteiger partial charge is 0.497 e. The van der Waals surface area contributed by atoms with Crippen LogP contribution in [-0.4, -0.2) is 17.0 Å². The zero-order valence-corrected chi connectivity index (χ0v) is 5.61. The summed E-state index contributed by atoms with van der Waals surface area (Å²) >= 11 is 1.38. The summed E-state index contributed by atoms with van der Waals surface area (Å²) in [5.74, 6) is 0.894. The number of thioether (sulfide) groups is 1. The third-order valence-electron chi connectivity index (χ3n) is 1.48. The van der Waals surface area contributed by atoms with Crippen LogP contribution in [-0.2, 0) is 9.53 Å². The van der Waals surface area contributed by atoms with Crippen molar-refractivity contribution in [2.24, 2.45) is 0 Å². The van der Waals surface area contributed by atoms with Crippen molar-refractivity contribution in [1.29, 1.82) is 0 Å². The van der Waals surface area contributed by atoms with Gasteiger partial charge in [-0.3, -0.25) is 4.79 Å². The predicted molar refractivity (Wildman–Crippen MR) is 35.0 cm³/mol. The fraction of sp³-hybridized carbons (Fsp3) is 0.500. The molecule has 2 aliphatic heterocycles. The molecule has 1 atom stereocenters. The van der Waals surface area contributed by atoms with E-state index >= 15 is 0 Å². The number of carbonyl (C=O) groups excluding carboxylic acids is 1. The minimum atomic E-state index is 0.148. The molecule has 1 saturated heterocycles. The summed E-state index contributed by atoms with van der Waals surface area (Å²) in [5, 5.41) is 0.507. The van der Waals surface area contributed by atoms with Crippen molar-refractivity contribution < 1.29 is 9.53 Å². The number of ether oxygens (including phenoxy) is 1. The van der Waals surface area contributed by atoms with Gasteiger partial charge in [-0.25, -0.2) is 0 Å². The van der Waals surface area contributed by atoms with E-state index < -0.39 is 0 Å². The zero-order valence-electron chi connectivity index (χ0n) is 4.79. The maximum Gasteiger partial charge on any atom is 0.216 e. The van der Waals surface area contributed by atoms with E-state index in [0.717, 1.165) is 18.8 Å². The highest BCUT2D eigenvalue weighted by Crippen LogP contribution is 2.35. The molecule has 0 aromatic heterocycles. The van der Waals surface area contributed by atoms with Crippen molar-refractivity contribution >= 4 is 16.9 Å². The molecular formula is C6H6O2S. The average molecular weight is 142 g/mol. The Morgan fingerprint density at radius 2 is 2.67 bits per heavy atom. The van der Waals surface area contributed by atoms with Gasteiger partial charge in [-0.2, -0.15) is 0 Å². The monoisotopic (exact) mass is 142 g/mol. The summed E-state index contributed by atoms with van der Waals surface area (Å²) in [4.78, 5) is 10.7. The van der Waals surface area contributed by atoms with Gasteiger partial charge in [0.25, 0.3) is 0 Å². The van der Waals surface area contributed by atoms with Gasteiger partial charge in [0, 0.05) is 12.5 Å². The van der Waals surface area contributed by atoms with Crippen LogP contribution in [0, 0.1) is 0 Å². The molecule has 1 unspecified atom stereocenters. The van der Waals surface area contributed by atoms with E-state index in [9.17, 15) is 4.79 Å². The number of rotatable bonds is 0. The Hall–Kier alpha value is -0.440. The van der Waals surface area contributed by atoms with Gasteiger partial charge >= 0.3 is 0 Å². The van der Waals surface area contributed by atoms with E-state index in [0.29, 0.717) is 5.25 Å². The zero-order chi connectivity index (χ0) is 6.27. The fourth-order valence-electron chi connectivity index (χ4n) is 1.06. The smallest absolute Gasteiger partial charge is 0.216 e. The number of hydrogen-bond donors (Lipinski definition) is 0. The quantitative estimate of drug-likeness (QED) is 0.503. The van der Waals surface area contributed by atoms with Crippen LogP contribution >= 0.6 is 11.8 Å². The molecule has 0 spiro atoms. The third-order valence-corrected chi connectivity index (χ3v) is 2.59. The fourth-order valence-corrected chi connectivity index (χ4v) is 1.99. The molecule has 0 radical (unpaired) electrons. The van der Waals surface area contributed by atoms with Crippen molar-refractivity contribution in [3.05, 3.63) is 11.8 Å². The van der Waals surface area contributed by atoms with Gasteiger partial charge in [-0.05, 0) is 0 Å². The second kappa shape index (κ2) is 1.77. The average Bonchev–Trinajstić information content (AvgIpc) is 2.22. The van der Waals surface area contributed by atoms with Gasteiger partial charge in [0.05, 0.1) is 11.9 Å². The summed E-state index contributed by atoms with van der Waals surface area (Å²) in [6.07, 6.45) is 2.60. The van der Waals surface area contributed by atoms with Crippen LogP contribution in [0.3, 0.4) is 0 Å². The molecule has 1 fully saturated rings. The standard InChI is InChI=1S/C6H6O2S/c7-6-3-4-5(9-6)1-2-8-4/h3,5H,1-2H2. The second-order valence-electron chi connectivity index (χ2n) is 2.11. The molecule has 2 heterocycles. The van der Waals surface area contributed by atoms with Gasteiger partial charge < -0.3 is 4.74 Å². The lowest BCUT2D eigenvalue weighted by Gasteiger charge is -1.94. The molecule has 0 N–H and O–H groups in total. The van der Waals surface area contributed by atoms with Crippen LogP contribution in [0.25, 0.3) is 0 Å². The maximum absolute atomic E-state index is 10.7. The topological polar surface area (TPSA) is 26.3 Å². The van der Waals surface area contributed by atoms with Crippen LogP contribution < -0.4 is 0 Å². The SMILES string of the molecule is O=C1C=C2OCCC2S1. The van der Waals surface area contributed by atoms with E-state index in [1.807, 2.05) is 0 Å². The highest BCUT2D eigenvalue weighted by atomic mass is 32.2. The first-order valence-corrected chi connectivity index (χ1v) is 3.79. The molecule has 2 rings (SSSR count). The molecule has 2 nitrogen and oxygen atoms in total. The first-order chi connectivity index (χ1) is 4.36. The van der Waals surface area contributed by atoms with Gasteiger partial charge in [-0.1, -0.05) is 11.8 Å². The Bertz CT molecular complexity index is 185. The van der Waals surface area contributed by atoms with Crippen molar-refractivity contribution in [1.82, 2.24) is 0 Å². The molecule has 0 aliphatic carbocycles. The second-order valence-corrected chi connectivity index (χ2v) is 3.32. The summed E-state index contributed by atoms with van der Waals surface area (Å²) in [6.45, 7) is 0.788. The summed E-state index contributed by atoms with van der Waals surface area (Å²) < 4.78 is 5.17. The van der Waals surface area contributed by atoms with E-state index in [2.05, 4.69) is 0 Å². The van der Waals surface area contributed by atoms with Crippen LogP contribution in [0.5, 0.6) is 0 Å². The number of hydrogen-bond acceptors (Lipinski definition) is 3. The molecule has 48 valence electrons. The molecule has 0 aromatic rings. The molecule has 0 saturated carbocycles. The van der Waals surface area contributed by atoms with Crippen molar-refractivity contribution in [2.75, 3.05) is 6.61 Å². The minimum Gasteiger partial charge on any atom is -0.497 e. The molecule has 0 amide bonds. The minimum absolute atomic E-state index is 0.148. The Balaban J connectivity index is 2.27. The molecule has 3 heteroatoms. The first-order valence-electron chi connectivity index (χ1n) is 2.91. The summed E-state index contributed by atoms with van der Waals surface area (Å²) in [5.41, 5.74) is 0. The van der Waals surface area contributed by atoms with Crippen LogP contribution in [0.4, 0.5) is 0 Å². The van der Waals surface area contributed by atoms with E-state index in [4.69, 9.17) is 4.74 Å². The van der Waals surface area contributed by atoms with Crippen molar-refractivity contribution in [2.45, 2.75) is 11.7 Å². The van der Waals surface area contributed by atoms with Crippen molar-refractivity contribution in [3.63, 3.8) is 0 Å². The molecule has 0 aromatic carbocycles. The van der Waals surface area contributed by atoms with Gasteiger partial charge in [0.2, 0.25) is 5.12 Å². The van der Waals surface area contributed by atoms with E-state index in [-0.39, 0.29) is 5.12 Å². The summed E-state index contributed by atoms with van der Waals surface area (Å²) in [6, 6.07) is 0. The molecule has 0 bridgehead atoms. The Kier molecular flexibility index (Phi) is 1.05. The maximum atomic E-state index is 10.7. The molecule has 9 heavy (non-hydrogen) atoms. The lowest BCUT2D eigenvalue weighted by molar-refractivity contribution is -0.107. The highest BCUT2D eigenvalue weighted by Gasteiger charge is 2.31. The van der Waals surface area contributed by atoms with Crippen LogP contribution in [0.1, 0.15) is 6.42 Å².